The van der Waals surface area contributed by atoms with E-state index in [4.69, 9.17) is 0 Å². The van der Waals surface area contributed by atoms with Gasteiger partial charge < -0.3 is 15.4 Å². The minimum absolute atomic E-state index is 0.0364. The number of aromatic nitrogens is 2. The van der Waals surface area contributed by atoms with Crippen molar-refractivity contribution in [2.45, 2.75) is 20.8 Å². The van der Waals surface area contributed by atoms with Crippen LogP contribution in [0.2, 0.25) is 0 Å². The van der Waals surface area contributed by atoms with E-state index in [1.807, 2.05) is 20.8 Å². The topological polar surface area (TPSA) is 78.0 Å². The number of rotatable bonds is 2. The average Bonchev–Trinajstić information content (AvgIpc) is 2.01. The summed E-state index contributed by atoms with van der Waals surface area (Å²) < 4.78 is 0. The van der Waals surface area contributed by atoms with Gasteiger partial charge in [-0.15, -0.1) is 0 Å². The van der Waals surface area contributed by atoms with Crippen LogP contribution in [0.3, 0.4) is 0 Å². The predicted octanol–water partition coefficient (Wildman–Crippen LogP) is 0.933. The molecule has 78 valence electrons. The molecule has 1 heterocycles. The summed E-state index contributed by atoms with van der Waals surface area (Å²) in [5, 5.41) is 12.2. The maximum absolute atomic E-state index is 11.2. The Morgan fingerprint density at radius 1 is 1.57 bits per heavy atom. The zero-order valence-electron chi connectivity index (χ0n) is 8.59. The van der Waals surface area contributed by atoms with Gasteiger partial charge in [0.25, 0.3) is 5.56 Å². The van der Waals surface area contributed by atoms with Crippen molar-refractivity contribution in [1.82, 2.24) is 9.97 Å². The van der Waals surface area contributed by atoms with Crippen LogP contribution < -0.4 is 10.9 Å². The van der Waals surface area contributed by atoms with E-state index in [1.54, 1.807) is 0 Å². The fourth-order valence-electron chi connectivity index (χ4n) is 0.903. The number of nitrogens with one attached hydrogen (secondary N) is 2. The van der Waals surface area contributed by atoms with E-state index in [1.165, 1.54) is 6.33 Å². The highest BCUT2D eigenvalue weighted by atomic mass is 16.3. The molecule has 1 aromatic rings. The van der Waals surface area contributed by atoms with Gasteiger partial charge in [0, 0.05) is 6.54 Å². The van der Waals surface area contributed by atoms with E-state index < -0.39 is 0 Å². The molecule has 0 bridgehead atoms. The van der Waals surface area contributed by atoms with E-state index in [-0.39, 0.29) is 22.5 Å². The van der Waals surface area contributed by atoms with Crippen molar-refractivity contribution >= 4 is 5.69 Å². The van der Waals surface area contributed by atoms with Crippen molar-refractivity contribution in [2.24, 2.45) is 5.41 Å². The van der Waals surface area contributed by atoms with Crippen LogP contribution in [0.15, 0.2) is 11.1 Å². The van der Waals surface area contributed by atoms with Gasteiger partial charge in [-0.2, -0.15) is 0 Å². The highest BCUT2D eigenvalue weighted by Gasteiger charge is 2.13. The Morgan fingerprint density at radius 2 is 2.21 bits per heavy atom. The van der Waals surface area contributed by atoms with E-state index in [0.717, 1.165) is 0 Å². The van der Waals surface area contributed by atoms with Crippen LogP contribution in [0, 0.1) is 5.41 Å². The number of H-pyrrole nitrogens is 1. The van der Waals surface area contributed by atoms with Crippen molar-refractivity contribution in [3.8, 4) is 5.88 Å². The van der Waals surface area contributed by atoms with Gasteiger partial charge in [-0.05, 0) is 5.41 Å². The van der Waals surface area contributed by atoms with Gasteiger partial charge in [-0.3, -0.25) is 4.79 Å². The molecule has 3 N–H and O–H groups in total. The van der Waals surface area contributed by atoms with E-state index >= 15 is 0 Å². The van der Waals surface area contributed by atoms with Crippen molar-refractivity contribution < 1.29 is 5.11 Å². The Bertz CT molecular complexity index is 365. The lowest BCUT2D eigenvalue weighted by Crippen LogP contribution is -2.23. The molecule has 0 aliphatic rings. The van der Waals surface area contributed by atoms with Gasteiger partial charge in [0.05, 0.1) is 6.33 Å². The number of aromatic hydroxyl groups is 1. The molecule has 1 aromatic heterocycles. The normalized spacial score (nSPS) is 11.4. The lowest BCUT2D eigenvalue weighted by molar-refractivity contribution is 0.434. The third-order valence-corrected chi connectivity index (χ3v) is 1.63. The molecular weight excluding hydrogens is 182 g/mol. The fraction of sp³-hybridized carbons (Fsp3) is 0.556. The lowest BCUT2D eigenvalue weighted by Gasteiger charge is -2.19. The summed E-state index contributed by atoms with van der Waals surface area (Å²) in [6, 6.07) is 0. The van der Waals surface area contributed by atoms with Crippen molar-refractivity contribution in [1.29, 1.82) is 0 Å². The largest absolute Gasteiger partial charge is 0.492 e. The molecule has 0 amide bonds. The lowest BCUT2D eigenvalue weighted by atomic mass is 9.97. The maximum Gasteiger partial charge on any atom is 0.278 e. The zero-order valence-corrected chi connectivity index (χ0v) is 8.59. The van der Waals surface area contributed by atoms with E-state index in [0.29, 0.717) is 6.54 Å². The van der Waals surface area contributed by atoms with Gasteiger partial charge in [-0.25, -0.2) is 4.98 Å². The Hall–Kier alpha value is -1.52. The van der Waals surface area contributed by atoms with Gasteiger partial charge in [0.15, 0.2) is 5.69 Å². The molecular formula is C9H15N3O2. The third-order valence-electron chi connectivity index (χ3n) is 1.63. The van der Waals surface area contributed by atoms with Crippen molar-refractivity contribution in [3.05, 3.63) is 16.7 Å². The number of aromatic amines is 1. The SMILES string of the molecule is CC(C)(C)CNc1c(O)nc[nH]c1=O. The highest BCUT2D eigenvalue weighted by molar-refractivity contribution is 5.49. The minimum Gasteiger partial charge on any atom is -0.492 e. The van der Waals surface area contributed by atoms with Crippen LogP contribution in [0.5, 0.6) is 5.88 Å². The molecule has 0 aromatic carbocycles. The molecule has 0 saturated carbocycles. The molecule has 0 atom stereocenters. The van der Waals surface area contributed by atoms with Gasteiger partial charge in [-0.1, -0.05) is 20.8 Å². The van der Waals surface area contributed by atoms with Crippen molar-refractivity contribution in [2.75, 3.05) is 11.9 Å². The summed E-state index contributed by atoms with van der Waals surface area (Å²) in [5.41, 5.74) is -0.196. The van der Waals surface area contributed by atoms with E-state index in [9.17, 15) is 9.90 Å². The van der Waals surface area contributed by atoms with Crippen LogP contribution in [-0.2, 0) is 0 Å². The first-order valence-corrected chi connectivity index (χ1v) is 4.41. The van der Waals surface area contributed by atoms with Gasteiger partial charge >= 0.3 is 0 Å². The number of nitrogens with zero attached hydrogens (tertiary/aromatic N) is 1. The number of anilines is 1. The number of hydrogen-bond acceptors (Lipinski definition) is 4. The molecule has 5 heteroatoms. The van der Waals surface area contributed by atoms with Crippen LogP contribution in [-0.4, -0.2) is 21.6 Å². The standard InChI is InChI=1S/C9H15N3O2/c1-9(2,3)4-10-6-7(13)11-5-12-8(6)14/h5,10H,4H2,1-3H3,(H2,11,12,13,14). The molecule has 5 nitrogen and oxygen atoms in total. The molecule has 0 aliphatic heterocycles. The van der Waals surface area contributed by atoms with E-state index in [2.05, 4.69) is 15.3 Å². The molecule has 0 unspecified atom stereocenters. The summed E-state index contributed by atoms with van der Waals surface area (Å²) >= 11 is 0. The molecule has 0 spiro atoms. The van der Waals surface area contributed by atoms with Crippen LogP contribution >= 0.6 is 0 Å². The summed E-state index contributed by atoms with van der Waals surface area (Å²) in [7, 11) is 0. The van der Waals surface area contributed by atoms with Crippen LogP contribution in [0.25, 0.3) is 0 Å². The second kappa shape index (κ2) is 3.69. The first-order chi connectivity index (χ1) is 6.40. The molecule has 14 heavy (non-hydrogen) atoms. The molecule has 0 radical (unpaired) electrons. The minimum atomic E-state index is -0.359. The van der Waals surface area contributed by atoms with Crippen molar-refractivity contribution in [3.63, 3.8) is 0 Å². The summed E-state index contributed by atoms with van der Waals surface area (Å²) in [6.07, 6.45) is 1.17. The summed E-state index contributed by atoms with van der Waals surface area (Å²) in [5.74, 6) is -0.266. The first kappa shape index (κ1) is 10.6. The fourth-order valence-corrected chi connectivity index (χ4v) is 0.903. The Balaban J connectivity index is 2.82. The second-order valence-corrected chi connectivity index (χ2v) is 4.34. The highest BCUT2D eigenvalue weighted by Crippen LogP contribution is 2.17. The predicted molar refractivity (Wildman–Crippen MR) is 54.5 cm³/mol. The molecule has 0 saturated heterocycles. The Labute approximate surface area is 82.2 Å². The monoisotopic (exact) mass is 197 g/mol. The Morgan fingerprint density at radius 3 is 2.71 bits per heavy atom. The van der Waals surface area contributed by atoms with Gasteiger partial charge in [0.1, 0.15) is 0 Å². The average molecular weight is 197 g/mol. The molecule has 1 rings (SSSR count). The number of hydrogen-bond donors (Lipinski definition) is 3. The second-order valence-electron chi connectivity index (χ2n) is 4.34. The van der Waals surface area contributed by atoms with Crippen LogP contribution in [0.1, 0.15) is 20.8 Å². The smallest absolute Gasteiger partial charge is 0.278 e. The zero-order chi connectivity index (χ0) is 10.8. The van der Waals surface area contributed by atoms with Crippen LogP contribution in [0.4, 0.5) is 5.69 Å². The summed E-state index contributed by atoms with van der Waals surface area (Å²) in [6.45, 7) is 6.68. The van der Waals surface area contributed by atoms with Gasteiger partial charge in [0.2, 0.25) is 5.88 Å². The molecule has 0 fully saturated rings. The third kappa shape index (κ3) is 2.76. The molecule has 0 aliphatic carbocycles. The quantitative estimate of drug-likeness (QED) is 0.659. The summed E-state index contributed by atoms with van der Waals surface area (Å²) in [4.78, 5) is 17.2. The first-order valence-electron chi connectivity index (χ1n) is 4.41. The Kier molecular flexibility index (Phi) is 2.78. The maximum atomic E-state index is 11.2.